The Morgan fingerprint density at radius 2 is 2.00 bits per heavy atom. The van der Waals surface area contributed by atoms with Crippen LogP contribution >= 0.6 is 0 Å². The van der Waals surface area contributed by atoms with Crippen molar-refractivity contribution in [2.24, 2.45) is 5.92 Å². The molecule has 168 valence electrons. The summed E-state index contributed by atoms with van der Waals surface area (Å²) in [4.78, 5) is 29.0. The molecule has 0 saturated heterocycles. The van der Waals surface area contributed by atoms with Crippen LogP contribution in [0.25, 0.3) is 0 Å². The van der Waals surface area contributed by atoms with Crippen LogP contribution in [-0.4, -0.2) is 81.3 Å². The number of nitrogens with one attached hydrogen (secondary N) is 2. The Morgan fingerprint density at radius 1 is 1.27 bits per heavy atom. The number of ether oxygens (including phenoxy) is 2. The number of rotatable bonds is 4. The van der Waals surface area contributed by atoms with E-state index in [1.165, 1.54) is 0 Å². The Bertz CT molecular complexity index is 727. The summed E-state index contributed by atoms with van der Waals surface area (Å²) >= 11 is 0. The topological polar surface area (TPSA) is 83.1 Å². The molecular weight excluding hydrogens is 384 g/mol. The molecule has 0 bridgehead atoms. The van der Waals surface area contributed by atoms with E-state index >= 15 is 0 Å². The largest absolute Gasteiger partial charge is 0.491 e. The molecule has 0 saturated carbocycles. The van der Waals surface area contributed by atoms with Gasteiger partial charge in [0.25, 0.3) is 5.91 Å². The van der Waals surface area contributed by atoms with Crippen molar-refractivity contribution in [3.63, 3.8) is 0 Å². The first-order valence-electron chi connectivity index (χ1n) is 10.6. The number of hydrogen-bond donors (Lipinski definition) is 2. The number of hydrogen-bond acceptors (Lipinski definition) is 5. The molecule has 30 heavy (non-hydrogen) atoms. The van der Waals surface area contributed by atoms with E-state index in [1.807, 2.05) is 6.92 Å². The van der Waals surface area contributed by atoms with Crippen LogP contribution in [0.5, 0.6) is 5.75 Å². The van der Waals surface area contributed by atoms with Crippen LogP contribution in [-0.2, 0) is 4.74 Å². The van der Waals surface area contributed by atoms with Crippen LogP contribution in [0.15, 0.2) is 18.2 Å². The van der Waals surface area contributed by atoms with Crippen LogP contribution in [0, 0.1) is 5.92 Å². The molecule has 8 heteroatoms. The van der Waals surface area contributed by atoms with Crippen molar-refractivity contribution in [3.8, 4) is 5.75 Å². The Kier molecular flexibility index (Phi) is 8.92. The Hall–Kier alpha value is -2.32. The molecule has 2 rings (SSSR count). The van der Waals surface area contributed by atoms with E-state index in [0.717, 1.165) is 13.0 Å². The second-order valence-corrected chi connectivity index (χ2v) is 8.13. The number of carbonyl (C=O) groups excluding carboxylic acids is 2. The number of urea groups is 1. The van der Waals surface area contributed by atoms with Crippen LogP contribution in [0.4, 0.5) is 10.5 Å². The maximum Gasteiger partial charge on any atom is 0.319 e. The van der Waals surface area contributed by atoms with Crippen LogP contribution in [0.2, 0.25) is 0 Å². The van der Waals surface area contributed by atoms with E-state index in [-0.39, 0.29) is 30.0 Å². The van der Waals surface area contributed by atoms with Crippen molar-refractivity contribution in [2.75, 3.05) is 52.8 Å². The predicted octanol–water partition coefficient (Wildman–Crippen LogP) is 2.65. The first-order chi connectivity index (χ1) is 14.3. The zero-order valence-electron chi connectivity index (χ0n) is 19.0. The Morgan fingerprint density at radius 3 is 2.67 bits per heavy atom. The normalized spacial score (nSPS) is 23.6. The minimum absolute atomic E-state index is 0.0689. The molecule has 1 aliphatic heterocycles. The van der Waals surface area contributed by atoms with Gasteiger partial charge < -0.3 is 25.0 Å². The fourth-order valence-corrected chi connectivity index (χ4v) is 3.44. The summed E-state index contributed by atoms with van der Waals surface area (Å²) in [6.07, 6.45) is 0.786. The van der Waals surface area contributed by atoms with Crippen molar-refractivity contribution in [3.05, 3.63) is 23.8 Å². The summed E-state index contributed by atoms with van der Waals surface area (Å²) in [5.41, 5.74) is 1.05. The third kappa shape index (κ3) is 6.34. The lowest BCUT2D eigenvalue weighted by atomic mass is 10.0. The van der Waals surface area contributed by atoms with Gasteiger partial charge >= 0.3 is 6.03 Å². The molecule has 3 atom stereocenters. The highest BCUT2D eigenvalue weighted by molar-refractivity contribution is 5.98. The van der Waals surface area contributed by atoms with Gasteiger partial charge in [0.1, 0.15) is 12.4 Å². The van der Waals surface area contributed by atoms with E-state index in [4.69, 9.17) is 9.47 Å². The molecule has 0 radical (unpaired) electrons. The summed E-state index contributed by atoms with van der Waals surface area (Å²) in [5, 5.41) is 5.57. The van der Waals surface area contributed by atoms with Gasteiger partial charge in [0.2, 0.25) is 0 Å². The summed E-state index contributed by atoms with van der Waals surface area (Å²) in [6, 6.07) is 5.00. The van der Waals surface area contributed by atoms with Crippen molar-refractivity contribution in [2.45, 2.75) is 39.3 Å². The molecule has 3 amide bonds. The third-order valence-electron chi connectivity index (χ3n) is 5.55. The van der Waals surface area contributed by atoms with E-state index in [9.17, 15) is 9.59 Å². The van der Waals surface area contributed by atoms with Crippen molar-refractivity contribution in [1.29, 1.82) is 0 Å². The second kappa shape index (κ2) is 11.2. The van der Waals surface area contributed by atoms with Crippen LogP contribution < -0.4 is 15.4 Å². The molecule has 1 aromatic rings. The van der Waals surface area contributed by atoms with Gasteiger partial charge in [-0.05, 0) is 38.4 Å². The zero-order chi connectivity index (χ0) is 22.3. The number of benzene rings is 1. The number of anilines is 1. The van der Waals surface area contributed by atoms with Gasteiger partial charge in [-0.3, -0.25) is 9.69 Å². The minimum atomic E-state index is -0.279. The lowest BCUT2D eigenvalue weighted by Crippen LogP contribution is -2.45. The monoisotopic (exact) mass is 420 g/mol. The van der Waals surface area contributed by atoms with E-state index < -0.39 is 0 Å². The predicted molar refractivity (Wildman–Crippen MR) is 118 cm³/mol. The molecule has 0 fully saturated rings. The molecule has 1 aromatic carbocycles. The molecule has 1 aliphatic rings. The third-order valence-corrected chi connectivity index (χ3v) is 5.55. The molecule has 0 aliphatic carbocycles. The number of methoxy groups -OCH3 is 1. The fraction of sp³-hybridized carbons (Fsp3) is 0.636. The minimum Gasteiger partial charge on any atom is -0.491 e. The Balaban J connectivity index is 2.32. The van der Waals surface area contributed by atoms with Crippen molar-refractivity contribution >= 4 is 17.6 Å². The highest BCUT2D eigenvalue weighted by Crippen LogP contribution is 2.26. The summed E-state index contributed by atoms with van der Waals surface area (Å²) in [5.74, 6) is 0.579. The van der Waals surface area contributed by atoms with Gasteiger partial charge in [-0.25, -0.2) is 4.79 Å². The molecule has 0 unspecified atom stereocenters. The van der Waals surface area contributed by atoms with E-state index in [2.05, 4.69) is 36.4 Å². The zero-order valence-corrected chi connectivity index (χ0v) is 19.0. The Labute approximate surface area is 179 Å². The molecule has 2 N–H and O–H groups in total. The molecular formula is C22H36N4O4. The van der Waals surface area contributed by atoms with E-state index in [0.29, 0.717) is 36.7 Å². The van der Waals surface area contributed by atoms with Gasteiger partial charge in [-0.2, -0.15) is 0 Å². The number of likely N-dealkylation sites (N-methyl/N-ethyl adjacent to an activating group) is 2. The highest BCUT2D eigenvalue weighted by Gasteiger charge is 2.27. The second-order valence-electron chi connectivity index (χ2n) is 8.13. The molecule has 1 heterocycles. The van der Waals surface area contributed by atoms with Gasteiger partial charge in [0.05, 0.1) is 11.7 Å². The van der Waals surface area contributed by atoms with Gasteiger partial charge in [0.15, 0.2) is 0 Å². The fourth-order valence-electron chi connectivity index (χ4n) is 3.44. The van der Waals surface area contributed by atoms with Gasteiger partial charge in [0, 0.05) is 51.6 Å². The number of nitrogens with zero attached hydrogens (tertiary/aromatic N) is 2. The maximum atomic E-state index is 13.1. The summed E-state index contributed by atoms with van der Waals surface area (Å²) < 4.78 is 11.7. The maximum absolute atomic E-state index is 13.1. The quantitative estimate of drug-likeness (QED) is 0.783. The standard InChI is InChI=1S/C22H36N4O4/c1-7-10-23-22(28)24-17-8-9-18-19(11-17)30-14-16(3)25(4)12-15(2)20(29-6)13-26(5)21(18)27/h8-9,11,15-16,20H,7,10,12-14H2,1-6H3,(H2,23,24,28)/t15-,16+,20+/m1/s1. The molecule has 8 nitrogen and oxygen atoms in total. The average molecular weight is 421 g/mol. The van der Waals surface area contributed by atoms with Crippen molar-refractivity contribution in [1.82, 2.24) is 15.1 Å². The first kappa shape index (κ1) is 24.0. The average Bonchev–Trinajstić information content (AvgIpc) is 2.72. The van der Waals surface area contributed by atoms with Gasteiger partial charge in [-0.1, -0.05) is 13.8 Å². The lowest BCUT2D eigenvalue weighted by Gasteiger charge is -2.34. The number of carbonyl (C=O) groups is 2. The van der Waals surface area contributed by atoms with E-state index in [1.54, 1.807) is 37.3 Å². The lowest BCUT2D eigenvalue weighted by molar-refractivity contribution is 0.0150. The molecule has 0 spiro atoms. The van der Waals surface area contributed by atoms with Crippen LogP contribution in [0.3, 0.4) is 0 Å². The van der Waals surface area contributed by atoms with Crippen LogP contribution in [0.1, 0.15) is 37.6 Å². The molecule has 0 aromatic heterocycles. The van der Waals surface area contributed by atoms with Crippen molar-refractivity contribution < 1.29 is 19.1 Å². The summed E-state index contributed by atoms with van der Waals surface area (Å²) in [6.45, 7) is 8.56. The number of amides is 3. The van der Waals surface area contributed by atoms with Gasteiger partial charge in [-0.15, -0.1) is 0 Å². The first-order valence-corrected chi connectivity index (χ1v) is 10.6. The SMILES string of the molecule is CCCNC(=O)Nc1ccc2c(c1)OC[C@H](C)N(C)C[C@@H](C)[C@@H](OC)CN(C)C2=O. The number of fused-ring (bicyclic) bond motifs is 1. The smallest absolute Gasteiger partial charge is 0.319 e. The summed E-state index contributed by atoms with van der Waals surface area (Å²) in [7, 11) is 5.52. The highest BCUT2D eigenvalue weighted by atomic mass is 16.5.